The molecule has 1 saturated carbocycles. The molecule has 2 aromatic rings. The van der Waals surface area contributed by atoms with E-state index in [0.29, 0.717) is 6.04 Å². The van der Waals surface area contributed by atoms with Crippen LogP contribution in [0.15, 0.2) is 30.5 Å². The van der Waals surface area contributed by atoms with Crippen molar-refractivity contribution in [3.8, 4) is 0 Å². The third-order valence-corrected chi connectivity index (χ3v) is 3.77. The number of anilines is 1. The Balaban J connectivity index is 1.83. The first-order valence-corrected chi connectivity index (χ1v) is 6.16. The lowest BCUT2D eigenvalue weighted by molar-refractivity contribution is 0.556. The fraction of sp³-hybridized carbons (Fsp3) is 0.429. The zero-order chi connectivity index (χ0) is 11.0. The van der Waals surface area contributed by atoms with Crippen LogP contribution in [0, 0.1) is 5.92 Å². The van der Waals surface area contributed by atoms with E-state index >= 15 is 0 Å². The van der Waals surface area contributed by atoms with Crippen molar-refractivity contribution in [2.75, 3.05) is 5.32 Å². The van der Waals surface area contributed by atoms with Gasteiger partial charge in [0.05, 0.1) is 0 Å². The summed E-state index contributed by atoms with van der Waals surface area (Å²) in [5.41, 5.74) is 2.47. The molecule has 1 fully saturated rings. The minimum Gasteiger partial charge on any atom is -0.382 e. The third-order valence-electron chi connectivity index (χ3n) is 3.77. The summed E-state index contributed by atoms with van der Waals surface area (Å²) in [6, 6.07) is 9.34. The van der Waals surface area contributed by atoms with Crippen molar-refractivity contribution in [2.45, 2.75) is 32.2 Å². The number of rotatable bonds is 2. The summed E-state index contributed by atoms with van der Waals surface area (Å²) in [5.74, 6) is 0.807. The van der Waals surface area contributed by atoms with Gasteiger partial charge in [-0.05, 0) is 43.0 Å². The number of fused-ring (bicyclic) bond motifs is 1. The molecular formula is C14H18N2. The van der Waals surface area contributed by atoms with Gasteiger partial charge in [0, 0.05) is 28.8 Å². The van der Waals surface area contributed by atoms with Crippen LogP contribution in [-0.4, -0.2) is 11.0 Å². The van der Waals surface area contributed by atoms with Gasteiger partial charge in [0.15, 0.2) is 0 Å². The molecule has 3 rings (SSSR count). The molecule has 1 aliphatic carbocycles. The van der Waals surface area contributed by atoms with Gasteiger partial charge in [0.25, 0.3) is 0 Å². The summed E-state index contributed by atoms with van der Waals surface area (Å²) < 4.78 is 0. The van der Waals surface area contributed by atoms with E-state index < -0.39 is 0 Å². The van der Waals surface area contributed by atoms with E-state index in [0.717, 1.165) is 5.92 Å². The van der Waals surface area contributed by atoms with E-state index in [9.17, 15) is 0 Å². The van der Waals surface area contributed by atoms with Gasteiger partial charge in [-0.25, -0.2) is 0 Å². The van der Waals surface area contributed by atoms with Gasteiger partial charge in [-0.3, -0.25) is 0 Å². The van der Waals surface area contributed by atoms with Crippen LogP contribution in [0.25, 0.3) is 10.9 Å². The van der Waals surface area contributed by atoms with E-state index in [2.05, 4.69) is 41.5 Å². The number of hydrogen-bond donors (Lipinski definition) is 2. The predicted octanol–water partition coefficient (Wildman–Crippen LogP) is 3.77. The quantitative estimate of drug-likeness (QED) is 0.782. The van der Waals surface area contributed by atoms with Crippen molar-refractivity contribution in [1.29, 1.82) is 0 Å². The highest BCUT2D eigenvalue weighted by molar-refractivity contribution is 5.83. The number of hydrogen-bond acceptors (Lipinski definition) is 1. The molecule has 1 aromatic heterocycles. The van der Waals surface area contributed by atoms with Gasteiger partial charge in [0.1, 0.15) is 0 Å². The van der Waals surface area contributed by atoms with E-state index in [-0.39, 0.29) is 0 Å². The van der Waals surface area contributed by atoms with Gasteiger partial charge in [-0.2, -0.15) is 0 Å². The first kappa shape index (κ1) is 9.76. The molecule has 2 unspecified atom stereocenters. The van der Waals surface area contributed by atoms with E-state index in [4.69, 9.17) is 0 Å². The zero-order valence-corrected chi connectivity index (χ0v) is 9.66. The average Bonchev–Trinajstić information content (AvgIpc) is 2.88. The lowest BCUT2D eigenvalue weighted by Crippen LogP contribution is -2.21. The topological polar surface area (TPSA) is 27.8 Å². The first-order valence-electron chi connectivity index (χ1n) is 6.16. The summed E-state index contributed by atoms with van der Waals surface area (Å²) >= 11 is 0. The van der Waals surface area contributed by atoms with Crippen molar-refractivity contribution in [1.82, 2.24) is 4.98 Å². The number of aromatic amines is 1. The highest BCUT2D eigenvalue weighted by atomic mass is 14.9. The Morgan fingerprint density at radius 1 is 1.25 bits per heavy atom. The summed E-state index contributed by atoms with van der Waals surface area (Å²) in [4.78, 5) is 3.22. The normalized spacial score (nSPS) is 25.1. The average molecular weight is 214 g/mol. The smallest absolute Gasteiger partial charge is 0.0455 e. The molecule has 0 saturated heterocycles. The van der Waals surface area contributed by atoms with Crippen LogP contribution in [0.2, 0.25) is 0 Å². The highest BCUT2D eigenvalue weighted by Gasteiger charge is 2.22. The summed E-state index contributed by atoms with van der Waals surface area (Å²) in [6.07, 6.45) is 6.04. The first-order chi connectivity index (χ1) is 7.83. The van der Waals surface area contributed by atoms with E-state index in [1.807, 2.05) is 6.20 Å². The van der Waals surface area contributed by atoms with Crippen LogP contribution >= 0.6 is 0 Å². The van der Waals surface area contributed by atoms with Crippen molar-refractivity contribution in [2.24, 2.45) is 5.92 Å². The molecule has 1 aliphatic rings. The number of nitrogens with one attached hydrogen (secondary N) is 2. The van der Waals surface area contributed by atoms with E-state index in [1.54, 1.807) is 0 Å². The Kier molecular flexibility index (Phi) is 2.35. The van der Waals surface area contributed by atoms with Crippen LogP contribution < -0.4 is 5.32 Å². The maximum Gasteiger partial charge on any atom is 0.0455 e. The fourth-order valence-corrected chi connectivity index (χ4v) is 2.72. The maximum atomic E-state index is 3.66. The minimum absolute atomic E-state index is 0.663. The van der Waals surface area contributed by atoms with Crippen LogP contribution in [-0.2, 0) is 0 Å². The van der Waals surface area contributed by atoms with E-state index in [1.165, 1.54) is 35.9 Å². The van der Waals surface area contributed by atoms with Crippen molar-refractivity contribution in [3.05, 3.63) is 30.5 Å². The molecule has 0 amide bonds. The monoisotopic (exact) mass is 214 g/mol. The predicted molar refractivity (Wildman–Crippen MR) is 68.7 cm³/mol. The van der Waals surface area contributed by atoms with Gasteiger partial charge in [-0.15, -0.1) is 0 Å². The van der Waals surface area contributed by atoms with Gasteiger partial charge < -0.3 is 10.3 Å². The fourth-order valence-electron chi connectivity index (χ4n) is 2.72. The number of H-pyrrole nitrogens is 1. The Bertz CT molecular complexity index is 486. The molecule has 84 valence electrons. The van der Waals surface area contributed by atoms with Crippen LogP contribution in [0.1, 0.15) is 26.2 Å². The zero-order valence-electron chi connectivity index (χ0n) is 9.66. The maximum absolute atomic E-state index is 3.66. The molecule has 2 heteroatoms. The molecule has 2 N–H and O–H groups in total. The summed E-state index contributed by atoms with van der Waals surface area (Å²) in [6.45, 7) is 2.35. The van der Waals surface area contributed by atoms with Crippen molar-refractivity contribution < 1.29 is 0 Å². The summed E-state index contributed by atoms with van der Waals surface area (Å²) in [7, 11) is 0. The van der Waals surface area contributed by atoms with Crippen LogP contribution in [0.4, 0.5) is 5.69 Å². The molecule has 2 nitrogen and oxygen atoms in total. The Labute approximate surface area is 96.1 Å². The molecule has 2 atom stereocenters. The second-order valence-corrected chi connectivity index (χ2v) is 4.94. The van der Waals surface area contributed by atoms with Crippen molar-refractivity contribution >= 4 is 16.6 Å². The Morgan fingerprint density at radius 2 is 2.19 bits per heavy atom. The largest absolute Gasteiger partial charge is 0.382 e. The van der Waals surface area contributed by atoms with Crippen LogP contribution in [0.3, 0.4) is 0 Å². The highest BCUT2D eigenvalue weighted by Crippen LogP contribution is 2.28. The Morgan fingerprint density at radius 3 is 3.00 bits per heavy atom. The molecule has 1 heterocycles. The molecule has 16 heavy (non-hydrogen) atoms. The summed E-state index contributed by atoms with van der Waals surface area (Å²) in [5, 5.41) is 4.95. The lowest BCUT2D eigenvalue weighted by Gasteiger charge is -2.18. The van der Waals surface area contributed by atoms with Crippen LogP contribution in [0.5, 0.6) is 0 Å². The lowest BCUT2D eigenvalue weighted by atomic mass is 10.1. The van der Waals surface area contributed by atoms with Gasteiger partial charge in [0.2, 0.25) is 0 Å². The molecule has 0 aliphatic heterocycles. The Hall–Kier alpha value is -1.44. The third kappa shape index (κ3) is 1.69. The standard InChI is InChI=1S/C14H18N2/c1-10-3-2-4-13(10)16-12-5-6-14-11(9-12)7-8-15-14/h5-10,13,15-16H,2-4H2,1H3. The SMILES string of the molecule is CC1CCCC1Nc1ccc2[nH]ccc2c1. The van der Waals surface area contributed by atoms with Gasteiger partial charge >= 0.3 is 0 Å². The van der Waals surface area contributed by atoms with Crippen molar-refractivity contribution in [3.63, 3.8) is 0 Å². The number of aromatic nitrogens is 1. The molecule has 1 aromatic carbocycles. The number of benzene rings is 1. The molecule has 0 radical (unpaired) electrons. The molecule has 0 bridgehead atoms. The minimum atomic E-state index is 0.663. The molecular weight excluding hydrogens is 196 g/mol. The molecule has 0 spiro atoms. The van der Waals surface area contributed by atoms with Gasteiger partial charge in [-0.1, -0.05) is 13.3 Å². The second kappa shape index (κ2) is 3.85. The second-order valence-electron chi connectivity index (χ2n) is 4.94.